The number of phenolic OH excluding ortho intramolecular Hbond substituents is 1. The third-order valence-corrected chi connectivity index (χ3v) is 1.90. The highest BCUT2D eigenvalue weighted by molar-refractivity contribution is 5.55. The SMILES string of the molecule is CNCc1noc(-c2cccc(O)c2)n1. The molecule has 2 N–H and O–H groups in total. The molecule has 0 amide bonds. The van der Waals surface area contributed by atoms with Crippen molar-refractivity contribution in [1.82, 2.24) is 15.5 Å². The molecule has 0 radical (unpaired) electrons. The molecule has 0 fully saturated rings. The van der Waals surface area contributed by atoms with Crippen LogP contribution in [0.1, 0.15) is 5.82 Å². The average Bonchev–Trinajstić information content (AvgIpc) is 2.67. The lowest BCUT2D eigenvalue weighted by Gasteiger charge is -1.94. The monoisotopic (exact) mass is 205 g/mol. The van der Waals surface area contributed by atoms with Gasteiger partial charge in [-0.25, -0.2) is 0 Å². The second-order valence-electron chi connectivity index (χ2n) is 3.10. The molecule has 0 spiro atoms. The van der Waals surface area contributed by atoms with E-state index in [4.69, 9.17) is 4.52 Å². The maximum atomic E-state index is 9.28. The number of phenols is 1. The molecule has 2 rings (SSSR count). The molecule has 0 aliphatic heterocycles. The lowest BCUT2D eigenvalue weighted by atomic mass is 10.2. The molecule has 15 heavy (non-hydrogen) atoms. The summed E-state index contributed by atoms with van der Waals surface area (Å²) in [7, 11) is 1.81. The molecule has 0 saturated carbocycles. The van der Waals surface area contributed by atoms with Gasteiger partial charge in [-0.05, 0) is 25.2 Å². The first-order valence-electron chi connectivity index (χ1n) is 4.56. The van der Waals surface area contributed by atoms with Crippen molar-refractivity contribution in [3.63, 3.8) is 0 Å². The summed E-state index contributed by atoms with van der Waals surface area (Å²) in [6, 6.07) is 6.70. The minimum atomic E-state index is 0.181. The van der Waals surface area contributed by atoms with Crippen LogP contribution in [0.3, 0.4) is 0 Å². The number of benzene rings is 1. The molecule has 0 bridgehead atoms. The van der Waals surface area contributed by atoms with Gasteiger partial charge < -0.3 is 14.9 Å². The molecule has 5 heteroatoms. The number of nitrogens with one attached hydrogen (secondary N) is 1. The Hall–Kier alpha value is -1.88. The first-order valence-corrected chi connectivity index (χ1v) is 4.56. The maximum absolute atomic E-state index is 9.28. The smallest absolute Gasteiger partial charge is 0.258 e. The summed E-state index contributed by atoms with van der Waals surface area (Å²) in [6.07, 6.45) is 0. The van der Waals surface area contributed by atoms with E-state index in [1.165, 1.54) is 0 Å². The topological polar surface area (TPSA) is 71.2 Å². The Morgan fingerprint density at radius 1 is 1.47 bits per heavy atom. The lowest BCUT2D eigenvalue weighted by Crippen LogP contribution is -2.06. The molecule has 78 valence electrons. The second-order valence-corrected chi connectivity index (χ2v) is 3.10. The zero-order valence-electron chi connectivity index (χ0n) is 8.27. The zero-order chi connectivity index (χ0) is 10.7. The third kappa shape index (κ3) is 2.13. The van der Waals surface area contributed by atoms with Crippen molar-refractivity contribution < 1.29 is 9.63 Å². The third-order valence-electron chi connectivity index (χ3n) is 1.90. The fourth-order valence-corrected chi connectivity index (χ4v) is 1.24. The van der Waals surface area contributed by atoms with Crippen LogP contribution in [-0.4, -0.2) is 22.3 Å². The minimum absolute atomic E-state index is 0.181. The Labute approximate surface area is 86.7 Å². The molecular weight excluding hydrogens is 194 g/mol. The van der Waals surface area contributed by atoms with Gasteiger partial charge in [0, 0.05) is 5.56 Å². The van der Waals surface area contributed by atoms with Crippen molar-refractivity contribution in [3.05, 3.63) is 30.1 Å². The van der Waals surface area contributed by atoms with Crippen LogP contribution in [0.2, 0.25) is 0 Å². The van der Waals surface area contributed by atoms with Crippen molar-refractivity contribution in [2.45, 2.75) is 6.54 Å². The number of hydrogen-bond donors (Lipinski definition) is 2. The van der Waals surface area contributed by atoms with E-state index in [9.17, 15) is 5.11 Å². The predicted octanol–water partition coefficient (Wildman–Crippen LogP) is 1.16. The summed E-state index contributed by atoms with van der Waals surface area (Å²) in [5.74, 6) is 1.19. The normalized spacial score (nSPS) is 10.5. The van der Waals surface area contributed by atoms with Gasteiger partial charge in [0.15, 0.2) is 5.82 Å². The van der Waals surface area contributed by atoms with Gasteiger partial charge in [0.1, 0.15) is 5.75 Å². The van der Waals surface area contributed by atoms with Gasteiger partial charge in [0.25, 0.3) is 5.89 Å². The minimum Gasteiger partial charge on any atom is -0.508 e. The van der Waals surface area contributed by atoms with E-state index in [2.05, 4.69) is 15.5 Å². The molecule has 0 aliphatic rings. The first-order chi connectivity index (χ1) is 7.29. The standard InChI is InChI=1S/C10H11N3O2/c1-11-6-9-12-10(15-13-9)7-3-2-4-8(14)5-7/h2-5,11,14H,6H2,1H3. The van der Waals surface area contributed by atoms with Crippen molar-refractivity contribution in [3.8, 4) is 17.2 Å². The Balaban J connectivity index is 2.29. The van der Waals surface area contributed by atoms with Crippen LogP contribution in [0.25, 0.3) is 11.5 Å². The number of nitrogens with zero attached hydrogens (tertiary/aromatic N) is 2. The summed E-state index contributed by atoms with van der Waals surface area (Å²) in [5.41, 5.74) is 0.713. The maximum Gasteiger partial charge on any atom is 0.258 e. The van der Waals surface area contributed by atoms with E-state index in [1.807, 2.05) is 7.05 Å². The first kappa shape index (κ1) is 9.67. The van der Waals surface area contributed by atoms with Crippen LogP contribution in [-0.2, 0) is 6.54 Å². The van der Waals surface area contributed by atoms with E-state index in [0.29, 0.717) is 23.8 Å². The van der Waals surface area contributed by atoms with Gasteiger partial charge in [-0.3, -0.25) is 0 Å². The van der Waals surface area contributed by atoms with Crippen molar-refractivity contribution in [1.29, 1.82) is 0 Å². The predicted molar refractivity (Wildman–Crippen MR) is 54.2 cm³/mol. The zero-order valence-corrected chi connectivity index (χ0v) is 8.27. The molecule has 1 aromatic carbocycles. The molecule has 1 heterocycles. The number of hydrogen-bond acceptors (Lipinski definition) is 5. The van der Waals surface area contributed by atoms with Crippen molar-refractivity contribution in [2.75, 3.05) is 7.05 Å². The van der Waals surface area contributed by atoms with Crippen LogP contribution in [0.4, 0.5) is 0 Å². The van der Waals surface area contributed by atoms with Gasteiger partial charge in [-0.15, -0.1) is 0 Å². The van der Waals surface area contributed by atoms with Crippen LogP contribution in [0, 0.1) is 0 Å². The van der Waals surface area contributed by atoms with E-state index in [1.54, 1.807) is 24.3 Å². The fourth-order valence-electron chi connectivity index (χ4n) is 1.24. The van der Waals surface area contributed by atoms with Gasteiger partial charge in [0.05, 0.1) is 6.54 Å². The molecule has 0 unspecified atom stereocenters. The number of aromatic nitrogens is 2. The number of aromatic hydroxyl groups is 1. The summed E-state index contributed by atoms with van der Waals surface area (Å²) < 4.78 is 5.05. The van der Waals surface area contributed by atoms with Crippen molar-refractivity contribution >= 4 is 0 Å². The Morgan fingerprint density at radius 3 is 3.07 bits per heavy atom. The second kappa shape index (κ2) is 4.10. The van der Waals surface area contributed by atoms with Crippen LogP contribution in [0.15, 0.2) is 28.8 Å². The summed E-state index contributed by atoms with van der Waals surface area (Å²) >= 11 is 0. The average molecular weight is 205 g/mol. The van der Waals surface area contributed by atoms with E-state index >= 15 is 0 Å². The highest BCUT2D eigenvalue weighted by Gasteiger charge is 2.07. The van der Waals surface area contributed by atoms with Gasteiger partial charge >= 0.3 is 0 Å². The van der Waals surface area contributed by atoms with Gasteiger partial charge in [-0.1, -0.05) is 11.2 Å². The Bertz CT molecular complexity index is 453. The van der Waals surface area contributed by atoms with Crippen LogP contribution >= 0.6 is 0 Å². The molecule has 1 aromatic heterocycles. The highest BCUT2D eigenvalue weighted by Crippen LogP contribution is 2.21. The Morgan fingerprint density at radius 2 is 2.33 bits per heavy atom. The number of rotatable bonds is 3. The summed E-state index contributed by atoms with van der Waals surface area (Å²) in [5, 5.41) is 16.0. The lowest BCUT2D eigenvalue weighted by molar-refractivity contribution is 0.420. The summed E-state index contributed by atoms with van der Waals surface area (Å²) in [4.78, 5) is 4.16. The molecule has 0 aliphatic carbocycles. The molecule has 2 aromatic rings. The molecule has 5 nitrogen and oxygen atoms in total. The van der Waals surface area contributed by atoms with Gasteiger partial charge in [-0.2, -0.15) is 4.98 Å². The largest absolute Gasteiger partial charge is 0.508 e. The molecular formula is C10H11N3O2. The highest BCUT2D eigenvalue weighted by atomic mass is 16.5. The Kier molecular flexibility index (Phi) is 2.64. The van der Waals surface area contributed by atoms with E-state index < -0.39 is 0 Å². The van der Waals surface area contributed by atoms with Crippen LogP contribution in [0.5, 0.6) is 5.75 Å². The fraction of sp³-hybridized carbons (Fsp3) is 0.200. The van der Waals surface area contributed by atoms with E-state index in [0.717, 1.165) is 0 Å². The summed E-state index contributed by atoms with van der Waals surface area (Å²) in [6.45, 7) is 0.558. The van der Waals surface area contributed by atoms with Crippen molar-refractivity contribution in [2.24, 2.45) is 0 Å². The quantitative estimate of drug-likeness (QED) is 0.786. The van der Waals surface area contributed by atoms with Crippen LogP contribution < -0.4 is 5.32 Å². The molecule has 0 atom stereocenters. The van der Waals surface area contributed by atoms with E-state index in [-0.39, 0.29) is 5.75 Å². The van der Waals surface area contributed by atoms with Gasteiger partial charge in [0.2, 0.25) is 0 Å². The molecule has 0 saturated heterocycles.